The summed E-state index contributed by atoms with van der Waals surface area (Å²) in [6, 6.07) is 5.00. The monoisotopic (exact) mass is 264 g/mol. The maximum atomic E-state index is 5.92. The molecule has 19 heavy (non-hydrogen) atoms. The van der Waals surface area contributed by atoms with Crippen LogP contribution in [-0.2, 0) is 13.1 Å². The molecule has 0 saturated carbocycles. The molecular weight excluding hydrogens is 236 g/mol. The molecule has 108 valence electrons. The van der Waals surface area contributed by atoms with E-state index in [1.807, 2.05) is 0 Å². The Bertz CT molecular complexity index is 373. The molecule has 0 radical (unpaired) electrons. The summed E-state index contributed by atoms with van der Waals surface area (Å²) in [5, 5.41) is 3.42. The molecule has 1 aliphatic rings. The van der Waals surface area contributed by atoms with E-state index in [1.165, 1.54) is 25.8 Å². The first-order valence-corrected chi connectivity index (χ1v) is 7.71. The summed E-state index contributed by atoms with van der Waals surface area (Å²) < 4.78 is 5.92. The van der Waals surface area contributed by atoms with Crippen molar-refractivity contribution in [1.29, 1.82) is 0 Å². The summed E-state index contributed by atoms with van der Waals surface area (Å²) in [6.45, 7) is 10.8. The fourth-order valence-electron chi connectivity index (χ4n) is 2.85. The highest BCUT2D eigenvalue weighted by Gasteiger charge is 2.23. The molecule has 1 saturated heterocycles. The number of hydrogen-bond donors (Lipinski definition) is 1. The molecule has 3 heteroatoms. The van der Waals surface area contributed by atoms with Crippen LogP contribution in [0.2, 0.25) is 0 Å². The van der Waals surface area contributed by atoms with Crippen LogP contribution in [0.1, 0.15) is 51.6 Å². The molecule has 0 amide bonds. The molecule has 1 aromatic rings. The van der Waals surface area contributed by atoms with Crippen molar-refractivity contribution in [3.05, 3.63) is 23.7 Å². The fourth-order valence-corrected chi connectivity index (χ4v) is 2.85. The number of rotatable bonds is 7. The van der Waals surface area contributed by atoms with E-state index in [0.717, 1.165) is 37.2 Å². The van der Waals surface area contributed by atoms with Gasteiger partial charge in [-0.1, -0.05) is 20.8 Å². The van der Waals surface area contributed by atoms with Crippen LogP contribution in [0.4, 0.5) is 0 Å². The first-order chi connectivity index (χ1) is 9.19. The van der Waals surface area contributed by atoms with Crippen molar-refractivity contribution in [1.82, 2.24) is 10.2 Å². The smallest absolute Gasteiger partial charge is 0.118 e. The minimum Gasteiger partial charge on any atom is -0.463 e. The Hall–Kier alpha value is -0.800. The highest BCUT2D eigenvalue weighted by molar-refractivity contribution is 5.07. The van der Waals surface area contributed by atoms with Gasteiger partial charge in [0.2, 0.25) is 0 Å². The van der Waals surface area contributed by atoms with Crippen molar-refractivity contribution in [3.63, 3.8) is 0 Å². The molecular formula is C16H28N2O. The molecule has 1 aromatic heterocycles. The molecule has 3 nitrogen and oxygen atoms in total. The number of hydrogen-bond acceptors (Lipinski definition) is 3. The van der Waals surface area contributed by atoms with Gasteiger partial charge in [-0.2, -0.15) is 0 Å². The maximum absolute atomic E-state index is 5.92. The van der Waals surface area contributed by atoms with E-state index in [4.69, 9.17) is 4.42 Å². The van der Waals surface area contributed by atoms with Gasteiger partial charge in [0.1, 0.15) is 11.5 Å². The third-order valence-electron chi connectivity index (χ3n) is 3.90. The van der Waals surface area contributed by atoms with Gasteiger partial charge in [-0.25, -0.2) is 0 Å². The average molecular weight is 264 g/mol. The highest BCUT2D eigenvalue weighted by atomic mass is 16.3. The Balaban J connectivity index is 1.80. The van der Waals surface area contributed by atoms with E-state index in [-0.39, 0.29) is 0 Å². The lowest BCUT2D eigenvalue weighted by molar-refractivity contribution is 0.219. The van der Waals surface area contributed by atoms with Crippen LogP contribution >= 0.6 is 0 Å². The molecule has 1 fully saturated rings. The lowest BCUT2D eigenvalue weighted by Crippen LogP contribution is -2.27. The van der Waals surface area contributed by atoms with E-state index in [1.54, 1.807) is 0 Å². The largest absolute Gasteiger partial charge is 0.463 e. The predicted molar refractivity (Wildman–Crippen MR) is 79.0 cm³/mol. The molecule has 1 atom stereocenters. The Morgan fingerprint density at radius 1 is 1.37 bits per heavy atom. The van der Waals surface area contributed by atoms with Gasteiger partial charge >= 0.3 is 0 Å². The molecule has 2 rings (SSSR count). The minimum absolute atomic E-state index is 0.685. The molecule has 1 aliphatic heterocycles. The zero-order valence-electron chi connectivity index (χ0n) is 12.6. The standard InChI is InChI=1S/C16H28N2O/c1-4-14-6-5-9-18(14)12-16-8-7-15(19-16)11-17-10-13(2)3/h7-8,13-14,17H,4-6,9-12H2,1-3H3. The van der Waals surface area contributed by atoms with Crippen LogP contribution in [0, 0.1) is 5.92 Å². The van der Waals surface area contributed by atoms with Crippen LogP contribution in [0.3, 0.4) is 0 Å². The summed E-state index contributed by atoms with van der Waals surface area (Å²) in [5.41, 5.74) is 0. The average Bonchev–Trinajstić information content (AvgIpc) is 2.98. The fraction of sp³-hybridized carbons (Fsp3) is 0.750. The van der Waals surface area contributed by atoms with Gasteiger partial charge < -0.3 is 9.73 Å². The number of nitrogens with one attached hydrogen (secondary N) is 1. The molecule has 2 heterocycles. The summed E-state index contributed by atoms with van der Waals surface area (Å²) in [6.07, 6.45) is 3.94. The quantitative estimate of drug-likeness (QED) is 0.818. The van der Waals surface area contributed by atoms with Crippen molar-refractivity contribution in [2.75, 3.05) is 13.1 Å². The second-order valence-corrected chi connectivity index (χ2v) is 6.07. The summed E-state index contributed by atoms with van der Waals surface area (Å²) in [4.78, 5) is 2.56. The Morgan fingerprint density at radius 2 is 2.16 bits per heavy atom. The highest BCUT2D eigenvalue weighted by Crippen LogP contribution is 2.22. The number of likely N-dealkylation sites (tertiary alicyclic amines) is 1. The lowest BCUT2D eigenvalue weighted by atomic mass is 10.2. The summed E-state index contributed by atoms with van der Waals surface area (Å²) in [7, 11) is 0. The lowest BCUT2D eigenvalue weighted by Gasteiger charge is -2.21. The molecule has 0 aliphatic carbocycles. The Kier molecular flexibility index (Phi) is 5.46. The molecule has 1 N–H and O–H groups in total. The van der Waals surface area contributed by atoms with Gasteiger partial charge in [-0.15, -0.1) is 0 Å². The van der Waals surface area contributed by atoms with E-state index in [0.29, 0.717) is 5.92 Å². The SMILES string of the molecule is CCC1CCCN1Cc1ccc(CNCC(C)C)o1. The van der Waals surface area contributed by atoms with Gasteiger partial charge in [0.25, 0.3) is 0 Å². The third-order valence-corrected chi connectivity index (χ3v) is 3.90. The topological polar surface area (TPSA) is 28.4 Å². The zero-order chi connectivity index (χ0) is 13.7. The molecule has 1 unspecified atom stereocenters. The van der Waals surface area contributed by atoms with E-state index in [9.17, 15) is 0 Å². The number of furan rings is 1. The summed E-state index contributed by atoms with van der Waals surface area (Å²) >= 11 is 0. The molecule has 0 aromatic carbocycles. The first-order valence-electron chi connectivity index (χ1n) is 7.71. The van der Waals surface area contributed by atoms with Crippen molar-refractivity contribution in [3.8, 4) is 0 Å². The molecule has 0 bridgehead atoms. The third kappa shape index (κ3) is 4.36. The van der Waals surface area contributed by atoms with Crippen molar-refractivity contribution >= 4 is 0 Å². The van der Waals surface area contributed by atoms with Crippen LogP contribution in [0.25, 0.3) is 0 Å². The van der Waals surface area contributed by atoms with Gasteiger partial charge in [-0.3, -0.25) is 4.90 Å². The summed E-state index contributed by atoms with van der Waals surface area (Å²) in [5.74, 6) is 2.86. The van der Waals surface area contributed by atoms with Gasteiger partial charge in [-0.05, 0) is 50.4 Å². The van der Waals surface area contributed by atoms with E-state index < -0.39 is 0 Å². The minimum atomic E-state index is 0.685. The molecule has 0 spiro atoms. The van der Waals surface area contributed by atoms with Gasteiger partial charge in [0, 0.05) is 6.04 Å². The first kappa shape index (κ1) is 14.6. The van der Waals surface area contributed by atoms with Crippen LogP contribution in [0.15, 0.2) is 16.5 Å². The zero-order valence-corrected chi connectivity index (χ0v) is 12.6. The maximum Gasteiger partial charge on any atom is 0.118 e. The Labute approximate surface area is 117 Å². The second kappa shape index (κ2) is 7.11. The van der Waals surface area contributed by atoms with Crippen LogP contribution in [-0.4, -0.2) is 24.0 Å². The van der Waals surface area contributed by atoms with Gasteiger partial charge in [0.15, 0.2) is 0 Å². The van der Waals surface area contributed by atoms with Crippen LogP contribution in [0.5, 0.6) is 0 Å². The van der Waals surface area contributed by atoms with Crippen LogP contribution < -0.4 is 5.32 Å². The number of nitrogens with zero attached hydrogens (tertiary/aromatic N) is 1. The normalized spacial score (nSPS) is 20.5. The Morgan fingerprint density at radius 3 is 2.89 bits per heavy atom. The van der Waals surface area contributed by atoms with Crippen molar-refractivity contribution in [2.24, 2.45) is 5.92 Å². The predicted octanol–water partition coefficient (Wildman–Crippen LogP) is 3.40. The van der Waals surface area contributed by atoms with Crippen molar-refractivity contribution in [2.45, 2.75) is 59.2 Å². The second-order valence-electron chi connectivity index (χ2n) is 6.07. The van der Waals surface area contributed by atoms with Gasteiger partial charge in [0.05, 0.1) is 13.1 Å². The van der Waals surface area contributed by atoms with E-state index >= 15 is 0 Å². The van der Waals surface area contributed by atoms with Crippen molar-refractivity contribution < 1.29 is 4.42 Å². The van der Waals surface area contributed by atoms with E-state index in [2.05, 4.69) is 43.1 Å².